The summed E-state index contributed by atoms with van der Waals surface area (Å²) >= 11 is 3.23. The number of hydrogen-bond acceptors (Lipinski definition) is 7. The van der Waals surface area contributed by atoms with Gasteiger partial charge in [-0.15, -0.1) is 28.1 Å². The van der Waals surface area contributed by atoms with Crippen LogP contribution in [0.15, 0.2) is 71.2 Å². The zero-order valence-electron chi connectivity index (χ0n) is 18.5. The van der Waals surface area contributed by atoms with Crippen molar-refractivity contribution in [3.63, 3.8) is 0 Å². The summed E-state index contributed by atoms with van der Waals surface area (Å²) < 4.78 is 30.5. The quantitative estimate of drug-likeness (QED) is 0.224. The Balaban J connectivity index is 1.63. The van der Waals surface area contributed by atoms with Crippen LogP contribution in [0.1, 0.15) is 18.9 Å². The molecule has 2 aromatic heterocycles. The van der Waals surface area contributed by atoms with Crippen molar-refractivity contribution in [2.75, 3.05) is 13.1 Å². The van der Waals surface area contributed by atoms with E-state index in [9.17, 15) is 8.42 Å². The molecule has 0 aliphatic rings. The summed E-state index contributed by atoms with van der Waals surface area (Å²) in [7, 11) is -3.57. The molecule has 7 nitrogen and oxygen atoms in total. The maximum absolute atomic E-state index is 13.0. The first-order valence-electron chi connectivity index (χ1n) is 10.6. The first kappa shape index (κ1) is 23.6. The predicted octanol–water partition coefficient (Wildman–Crippen LogP) is 5.06. The Bertz CT molecular complexity index is 1340. The second kappa shape index (κ2) is 10.2. The van der Waals surface area contributed by atoms with Gasteiger partial charge < -0.3 is 0 Å². The van der Waals surface area contributed by atoms with E-state index in [0.717, 1.165) is 20.4 Å². The third-order valence-corrected chi connectivity index (χ3v) is 9.37. The molecule has 172 valence electrons. The SMILES string of the molecule is C=CCn1c(SCc2nc3ccccc3s2)nnc1-c1cccc(S(=O)(=O)N(CC)CC)c1. The molecule has 4 rings (SSSR count). The molecular formula is C23H25N5O2S3. The largest absolute Gasteiger partial charge is 0.298 e. The fourth-order valence-electron chi connectivity index (χ4n) is 3.52. The van der Waals surface area contributed by atoms with Gasteiger partial charge in [-0.3, -0.25) is 4.57 Å². The van der Waals surface area contributed by atoms with Gasteiger partial charge in [-0.1, -0.05) is 56.0 Å². The van der Waals surface area contributed by atoms with Gasteiger partial charge in [0.25, 0.3) is 0 Å². The lowest BCUT2D eigenvalue weighted by atomic mass is 10.2. The Morgan fingerprint density at radius 2 is 1.91 bits per heavy atom. The van der Waals surface area contributed by atoms with E-state index in [2.05, 4.69) is 27.8 Å². The van der Waals surface area contributed by atoms with Crippen LogP contribution in [0.25, 0.3) is 21.6 Å². The standard InChI is InChI=1S/C23H25N5O2S3/c1-4-14-28-22(17-10-9-11-18(15-17)33(29,30)27(5-2)6-3)25-26-23(28)31-16-21-24-19-12-7-8-13-20(19)32-21/h4,7-13,15H,1,5-6,14,16H2,2-3H3. The fourth-order valence-corrected chi connectivity index (χ4v) is 6.93. The van der Waals surface area contributed by atoms with Crippen LogP contribution in [0, 0.1) is 0 Å². The highest BCUT2D eigenvalue weighted by Crippen LogP contribution is 2.30. The average Bonchev–Trinajstić information content (AvgIpc) is 3.42. The molecular weight excluding hydrogens is 474 g/mol. The van der Waals surface area contributed by atoms with Gasteiger partial charge in [0, 0.05) is 25.2 Å². The Hall–Kier alpha value is -2.53. The number of aromatic nitrogens is 4. The zero-order chi connectivity index (χ0) is 23.4. The minimum absolute atomic E-state index is 0.250. The van der Waals surface area contributed by atoms with Gasteiger partial charge in [0.05, 0.1) is 20.9 Å². The minimum atomic E-state index is -3.57. The van der Waals surface area contributed by atoms with Gasteiger partial charge in [0.2, 0.25) is 10.0 Å². The normalized spacial score (nSPS) is 12.0. The van der Waals surface area contributed by atoms with Gasteiger partial charge in [-0.05, 0) is 24.3 Å². The molecule has 10 heteroatoms. The van der Waals surface area contributed by atoms with Gasteiger partial charge in [-0.2, -0.15) is 4.31 Å². The molecule has 0 bridgehead atoms. The number of thioether (sulfide) groups is 1. The highest BCUT2D eigenvalue weighted by atomic mass is 32.2. The third kappa shape index (κ3) is 4.89. The van der Waals surface area contributed by atoms with E-state index in [1.807, 2.05) is 42.7 Å². The van der Waals surface area contributed by atoms with Gasteiger partial charge in [-0.25, -0.2) is 13.4 Å². The molecule has 0 atom stereocenters. The van der Waals surface area contributed by atoms with Gasteiger partial charge >= 0.3 is 0 Å². The lowest BCUT2D eigenvalue weighted by molar-refractivity contribution is 0.445. The highest BCUT2D eigenvalue weighted by Gasteiger charge is 2.23. The molecule has 0 N–H and O–H groups in total. The summed E-state index contributed by atoms with van der Waals surface area (Å²) in [5.41, 5.74) is 1.70. The molecule has 2 aromatic carbocycles. The van der Waals surface area contributed by atoms with E-state index in [-0.39, 0.29) is 4.90 Å². The van der Waals surface area contributed by atoms with Crippen LogP contribution in [0.2, 0.25) is 0 Å². The molecule has 0 aliphatic carbocycles. The molecule has 0 radical (unpaired) electrons. The van der Waals surface area contributed by atoms with Crippen LogP contribution in [-0.4, -0.2) is 45.6 Å². The highest BCUT2D eigenvalue weighted by molar-refractivity contribution is 7.98. The number of thiazole rings is 1. The number of benzene rings is 2. The fraction of sp³-hybridized carbons (Fsp3) is 0.261. The molecule has 0 aliphatic heterocycles. The number of sulfonamides is 1. The number of nitrogens with zero attached hydrogens (tertiary/aromatic N) is 5. The topological polar surface area (TPSA) is 81.0 Å². The van der Waals surface area contributed by atoms with Crippen LogP contribution in [-0.2, 0) is 22.3 Å². The predicted molar refractivity (Wildman–Crippen MR) is 135 cm³/mol. The van der Waals surface area contributed by atoms with E-state index < -0.39 is 10.0 Å². The Labute approximate surface area is 202 Å². The molecule has 4 aromatic rings. The van der Waals surface area contributed by atoms with Crippen LogP contribution >= 0.6 is 23.1 Å². The Kier molecular flexibility index (Phi) is 7.28. The smallest absolute Gasteiger partial charge is 0.243 e. The zero-order valence-corrected chi connectivity index (χ0v) is 21.0. The Morgan fingerprint density at radius 1 is 1.12 bits per heavy atom. The lowest BCUT2D eigenvalue weighted by Gasteiger charge is -2.18. The van der Waals surface area contributed by atoms with Crippen molar-refractivity contribution in [1.29, 1.82) is 0 Å². The number of para-hydroxylation sites is 1. The lowest BCUT2D eigenvalue weighted by Crippen LogP contribution is -2.30. The molecule has 0 fully saturated rings. The molecule has 0 spiro atoms. The van der Waals surface area contributed by atoms with Gasteiger partial charge in [0.1, 0.15) is 5.01 Å². The van der Waals surface area contributed by atoms with Crippen LogP contribution in [0.4, 0.5) is 0 Å². The van der Waals surface area contributed by atoms with Crippen molar-refractivity contribution >= 4 is 43.3 Å². The second-order valence-corrected chi connectivity index (χ2v) is 11.2. The maximum atomic E-state index is 13.0. The minimum Gasteiger partial charge on any atom is -0.298 e. The first-order chi connectivity index (χ1) is 16.0. The number of fused-ring (bicyclic) bond motifs is 1. The van der Waals surface area contributed by atoms with Crippen molar-refractivity contribution in [3.8, 4) is 11.4 Å². The summed E-state index contributed by atoms with van der Waals surface area (Å²) in [5.74, 6) is 1.28. The Morgan fingerprint density at radius 3 is 2.64 bits per heavy atom. The summed E-state index contributed by atoms with van der Waals surface area (Å²) in [6.07, 6.45) is 1.78. The van der Waals surface area contributed by atoms with Crippen molar-refractivity contribution in [2.45, 2.75) is 36.2 Å². The van der Waals surface area contributed by atoms with Crippen molar-refractivity contribution in [1.82, 2.24) is 24.1 Å². The van der Waals surface area contributed by atoms with Crippen LogP contribution in [0.5, 0.6) is 0 Å². The molecule has 2 heterocycles. The summed E-state index contributed by atoms with van der Waals surface area (Å²) in [4.78, 5) is 4.94. The second-order valence-electron chi connectivity index (χ2n) is 7.19. The van der Waals surface area contributed by atoms with Gasteiger partial charge in [0.15, 0.2) is 11.0 Å². The number of hydrogen-bond donors (Lipinski definition) is 0. The van der Waals surface area contributed by atoms with E-state index in [4.69, 9.17) is 0 Å². The molecule has 0 saturated heterocycles. The van der Waals surface area contributed by atoms with E-state index in [0.29, 0.717) is 36.8 Å². The summed E-state index contributed by atoms with van der Waals surface area (Å²) in [6, 6.07) is 15.0. The molecule has 0 saturated carbocycles. The van der Waals surface area contributed by atoms with E-state index in [1.165, 1.54) is 4.31 Å². The van der Waals surface area contributed by atoms with E-state index in [1.54, 1.807) is 47.4 Å². The summed E-state index contributed by atoms with van der Waals surface area (Å²) in [6.45, 7) is 8.88. The van der Waals surface area contributed by atoms with Crippen LogP contribution < -0.4 is 0 Å². The van der Waals surface area contributed by atoms with Crippen molar-refractivity contribution in [2.24, 2.45) is 0 Å². The third-order valence-electron chi connectivity index (χ3n) is 5.13. The maximum Gasteiger partial charge on any atom is 0.243 e. The van der Waals surface area contributed by atoms with Crippen molar-refractivity contribution < 1.29 is 8.42 Å². The monoisotopic (exact) mass is 499 g/mol. The van der Waals surface area contributed by atoms with Crippen LogP contribution in [0.3, 0.4) is 0 Å². The molecule has 0 amide bonds. The summed E-state index contributed by atoms with van der Waals surface area (Å²) in [5, 5.41) is 10.5. The van der Waals surface area contributed by atoms with E-state index >= 15 is 0 Å². The first-order valence-corrected chi connectivity index (χ1v) is 13.8. The van der Waals surface area contributed by atoms with Crippen molar-refractivity contribution in [3.05, 3.63) is 66.2 Å². The molecule has 33 heavy (non-hydrogen) atoms. The average molecular weight is 500 g/mol. The number of allylic oxidation sites excluding steroid dienone is 1. The number of rotatable bonds is 10. The molecule has 0 unspecified atom stereocenters.